The van der Waals surface area contributed by atoms with Crippen LogP contribution in [0.15, 0.2) is 42.5 Å². The molecule has 0 aliphatic carbocycles. The molecule has 0 bridgehead atoms. The largest absolute Gasteiger partial charge is 0.481 e. The van der Waals surface area contributed by atoms with Crippen molar-refractivity contribution in [1.82, 2.24) is 4.90 Å². The van der Waals surface area contributed by atoms with Crippen LogP contribution in [0.3, 0.4) is 0 Å². The van der Waals surface area contributed by atoms with Crippen LogP contribution in [0.1, 0.15) is 75.0 Å². The maximum atomic E-state index is 12.3. The van der Waals surface area contributed by atoms with Gasteiger partial charge in [-0.1, -0.05) is 48.7 Å². The van der Waals surface area contributed by atoms with Gasteiger partial charge in [-0.2, -0.15) is 0 Å². The van der Waals surface area contributed by atoms with Crippen LogP contribution < -0.4 is 0 Å². The van der Waals surface area contributed by atoms with E-state index in [4.69, 9.17) is 16.7 Å². The third kappa shape index (κ3) is 7.31. The Balaban J connectivity index is 1.52. The van der Waals surface area contributed by atoms with Crippen molar-refractivity contribution >= 4 is 23.5 Å². The van der Waals surface area contributed by atoms with Gasteiger partial charge in [0.05, 0.1) is 6.10 Å². The summed E-state index contributed by atoms with van der Waals surface area (Å²) in [4.78, 5) is 24.9. The Bertz CT molecular complexity index is 961. The van der Waals surface area contributed by atoms with Gasteiger partial charge in [0.1, 0.15) is 0 Å². The van der Waals surface area contributed by atoms with Crippen molar-refractivity contribution in [2.45, 2.75) is 76.9 Å². The lowest BCUT2D eigenvalue weighted by Crippen LogP contribution is -2.34. The Morgan fingerprint density at radius 3 is 2.70 bits per heavy atom. The molecule has 3 rings (SSSR count). The van der Waals surface area contributed by atoms with Gasteiger partial charge >= 0.3 is 5.97 Å². The Kier molecular flexibility index (Phi) is 9.33. The first-order valence-corrected chi connectivity index (χ1v) is 12.3. The fourth-order valence-corrected chi connectivity index (χ4v) is 4.92. The van der Waals surface area contributed by atoms with E-state index in [1.807, 2.05) is 54.3 Å². The Labute approximate surface area is 201 Å². The molecule has 178 valence electrons. The molecule has 5 nitrogen and oxygen atoms in total. The number of likely N-dealkylation sites (tertiary alicyclic amines) is 1. The van der Waals surface area contributed by atoms with Gasteiger partial charge in [-0.3, -0.25) is 9.59 Å². The van der Waals surface area contributed by atoms with Crippen molar-refractivity contribution in [2.24, 2.45) is 0 Å². The van der Waals surface area contributed by atoms with E-state index < -0.39 is 12.1 Å². The van der Waals surface area contributed by atoms with Crippen molar-refractivity contribution < 1.29 is 19.8 Å². The molecule has 1 aliphatic heterocycles. The molecule has 1 heterocycles. The number of benzene rings is 2. The summed E-state index contributed by atoms with van der Waals surface area (Å²) in [5.74, 6) is -0.558. The highest BCUT2D eigenvalue weighted by Crippen LogP contribution is 2.31. The molecule has 0 radical (unpaired) electrons. The van der Waals surface area contributed by atoms with E-state index in [1.165, 1.54) is 0 Å². The number of halogens is 1. The van der Waals surface area contributed by atoms with Crippen molar-refractivity contribution in [2.75, 3.05) is 6.54 Å². The summed E-state index contributed by atoms with van der Waals surface area (Å²) >= 11 is 6.09. The molecule has 1 saturated heterocycles. The molecule has 33 heavy (non-hydrogen) atoms. The number of carbonyl (C=O) groups excluding carboxylic acids is 1. The second-order valence-electron chi connectivity index (χ2n) is 9.02. The zero-order valence-corrected chi connectivity index (χ0v) is 20.1. The molecular weight excluding hydrogens is 438 g/mol. The minimum Gasteiger partial charge on any atom is -0.481 e. The van der Waals surface area contributed by atoms with E-state index in [1.54, 1.807) is 0 Å². The molecule has 0 aromatic heterocycles. The molecule has 1 amide bonds. The quantitative estimate of drug-likeness (QED) is 0.363. The van der Waals surface area contributed by atoms with E-state index >= 15 is 0 Å². The Hall–Kier alpha value is -2.37. The first kappa shape index (κ1) is 25.3. The molecule has 1 fully saturated rings. The third-order valence-corrected chi connectivity index (χ3v) is 6.77. The smallest absolute Gasteiger partial charge is 0.303 e. The summed E-state index contributed by atoms with van der Waals surface area (Å²) in [6.45, 7) is 2.75. The minimum atomic E-state index is -0.753. The normalized spacial score (nSPS) is 16.9. The maximum Gasteiger partial charge on any atom is 0.303 e. The molecule has 2 atom stereocenters. The summed E-state index contributed by atoms with van der Waals surface area (Å²) in [6, 6.07) is 14.0. The van der Waals surface area contributed by atoms with Gasteiger partial charge in [-0.05, 0) is 79.5 Å². The second kappa shape index (κ2) is 12.2. The predicted octanol–water partition coefficient (Wildman–Crippen LogP) is 6.16. The number of aliphatic carboxylic acids is 1. The highest BCUT2D eigenvalue weighted by atomic mass is 35.5. The van der Waals surface area contributed by atoms with E-state index in [0.29, 0.717) is 24.3 Å². The molecule has 2 aromatic rings. The zero-order valence-electron chi connectivity index (χ0n) is 19.3. The van der Waals surface area contributed by atoms with Crippen LogP contribution in [0.5, 0.6) is 0 Å². The first-order chi connectivity index (χ1) is 15.8. The van der Waals surface area contributed by atoms with Gasteiger partial charge in [0.25, 0.3) is 0 Å². The highest BCUT2D eigenvalue weighted by Gasteiger charge is 2.30. The van der Waals surface area contributed by atoms with Crippen molar-refractivity contribution in [1.29, 1.82) is 0 Å². The highest BCUT2D eigenvalue weighted by molar-refractivity contribution is 6.30. The number of unbranched alkanes of at least 4 members (excludes halogenated alkanes) is 3. The van der Waals surface area contributed by atoms with Crippen molar-refractivity contribution in [3.05, 3.63) is 58.6 Å². The van der Waals surface area contributed by atoms with Crippen LogP contribution in [0.25, 0.3) is 11.1 Å². The standard InChI is InChI=1S/C27H34ClNO4/c1-19-17-22(28)10-13-24(19)20-7-6-8-21(18-20)25(30)14-11-23-12-15-26(31)29(23)16-5-3-2-4-9-27(32)33/h6-8,10,13,17-18,23,25,30H,2-5,9,11-12,14-16H2,1H3,(H,32,33). The SMILES string of the molecule is Cc1cc(Cl)ccc1-c1cccc(C(O)CCC2CCC(=O)N2CCCCCCC(=O)O)c1. The number of carboxylic acid groups (broad SMARTS) is 1. The van der Waals surface area contributed by atoms with E-state index in [2.05, 4.69) is 0 Å². The number of rotatable bonds is 12. The Morgan fingerprint density at radius 2 is 1.94 bits per heavy atom. The van der Waals surface area contributed by atoms with Crippen LogP contribution >= 0.6 is 11.6 Å². The number of aryl methyl sites for hydroxylation is 1. The molecule has 1 aliphatic rings. The number of hydrogen-bond acceptors (Lipinski definition) is 3. The average molecular weight is 472 g/mol. The second-order valence-corrected chi connectivity index (χ2v) is 9.45. The molecule has 2 N–H and O–H groups in total. The lowest BCUT2D eigenvalue weighted by molar-refractivity contribution is -0.137. The number of nitrogens with zero attached hydrogens (tertiary/aromatic N) is 1. The van der Waals surface area contributed by atoms with Crippen LogP contribution in [0, 0.1) is 6.92 Å². The van der Waals surface area contributed by atoms with Crippen LogP contribution in [0.2, 0.25) is 5.02 Å². The van der Waals surface area contributed by atoms with Crippen LogP contribution in [-0.2, 0) is 9.59 Å². The van der Waals surface area contributed by atoms with Gasteiger partial charge in [0, 0.05) is 30.5 Å². The lowest BCUT2D eigenvalue weighted by Gasteiger charge is -2.26. The monoisotopic (exact) mass is 471 g/mol. The number of amides is 1. The Morgan fingerprint density at radius 1 is 1.15 bits per heavy atom. The molecule has 6 heteroatoms. The summed E-state index contributed by atoms with van der Waals surface area (Å²) in [7, 11) is 0. The summed E-state index contributed by atoms with van der Waals surface area (Å²) in [5, 5.41) is 20.3. The lowest BCUT2D eigenvalue weighted by atomic mass is 9.95. The number of carboxylic acids is 1. The number of carbonyl (C=O) groups is 2. The molecular formula is C27H34ClNO4. The first-order valence-electron chi connectivity index (χ1n) is 11.9. The zero-order chi connectivity index (χ0) is 23.8. The molecule has 2 unspecified atom stereocenters. The summed E-state index contributed by atoms with van der Waals surface area (Å²) in [6.07, 6.45) is 5.82. The minimum absolute atomic E-state index is 0.174. The van der Waals surface area contributed by atoms with Gasteiger partial charge in [0.15, 0.2) is 0 Å². The van der Waals surface area contributed by atoms with E-state index in [-0.39, 0.29) is 18.4 Å². The fourth-order valence-electron chi connectivity index (χ4n) is 4.69. The van der Waals surface area contributed by atoms with E-state index in [9.17, 15) is 14.7 Å². The maximum absolute atomic E-state index is 12.3. The van der Waals surface area contributed by atoms with Gasteiger partial charge in [-0.25, -0.2) is 0 Å². The molecule has 2 aromatic carbocycles. The molecule has 0 spiro atoms. The van der Waals surface area contributed by atoms with Gasteiger partial charge in [0.2, 0.25) is 5.91 Å². The van der Waals surface area contributed by atoms with Crippen LogP contribution in [0.4, 0.5) is 0 Å². The number of aliphatic hydroxyl groups is 1. The number of hydrogen-bond donors (Lipinski definition) is 2. The predicted molar refractivity (Wildman–Crippen MR) is 131 cm³/mol. The van der Waals surface area contributed by atoms with E-state index in [0.717, 1.165) is 60.9 Å². The summed E-state index contributed by atoms with van der Waals surface area (Å²) in [5.41, 5.74) is 4.14. The van der Waals surface area contributed by atoms with Crippen molar-refractivity contribution in [3.63, 3.8) is 0 Å². The fraction of sp³-hybridized carbons (Fsp3) is 0.481. The van der Waals surface area contributed by atoms with Crippen LogP contribution in [-0.4, -0.2) is 39.6 Å². The van der Waals surface area contributed by atoms with Gasteiger partial charge in [-0.15, -0.1) is 0 Å². The third-order valence-electron chi connectivity index (χ3n) is 6.54. The number of aliphatic hydroxyl groups excluding tert-OH is 1. The van der Waals surface area contributed by atoms with Gasteiger partial charge < -0.3 is 15.1 Å². The average Bonchev–Trinajstić information content (AvgIpc) is 3.13. The van der Waals surface area contributed by atoms with Crippen molar-refractivity contribution in [3.8, 4) is 11.1 Å². The molecule has 0 saturated carbocycles. The summed E-state index contributed by atoms with van der Waals surface area (Å²) < 4.78 is 0. The topological polar surface area (TPSA) is 77.8 Å².